The highest BCUT2D eigenvalue weighted by molar-refractivity contribution is 7.10. The van der Waals surface area contributed by atoms with Crippen LogP contribution in [-0.2, 0) is 16.6 Å². The standard InChI is InChI=1S/C20H25N3O2S/c1-20(2,3)16-12-26-19(22-16)17-14(24)11-23(18(17)21)10-9-13-7-5-6-8-15(13)25-4/h5-8,12,17,21H,9-11H2,1-4H3. The number of ketones is 1. The van der Waals surface area contributed by atoms with E-state index in [0.717, 1.165) is 28.4 Å². The van der Waals surface area contributed by atoms with Crippen molar-refractivity contribution >= 4 is 23.0 Å². The summed E-state index contributed by atoms with van der Waals surface area (Å²) in [5.41, 5.74) is 2.01. The number of amidine groups is 1. The average molecular weight is 372 g/mol. The second-order valence-electron chi connectivity index (χ2n) is 7.59. The quantitative estimate of drug-likeness (QED) is 0.871. The second-order valence-corrected chi connectivity index (χ2v) is 8.48. The maximum absolute atomic E-state index is 12.5. The number of benzene rings is 1. The Balaban J connectivity index is 1.72. The molecule has 2 aromatic rings. The molecular weight excluding hydrogens is 346 g/mol. The van der Waals surface area contributed by atoms with Crippen molar-refractivity contribution < 1.29 is 9.53 Å². The number of nitrogens with zero attached hydrogens (tertiary/aromatic N) is 2. The summed E-state index contributed by atoms with van der Waals surface area (Å²) in [6.07, 6.45) is 0.734. The first-order valence-corrected chi connectivity index (χ1v) is 9.63. The topological polar surface area (TPSA) is 66.3 Å². The van der Waals surface area contributed by atoms with E-state index in [2.05, 4.69) is 25.8 Å². The van der Waals surface area contributed by atoms with E-state index >= 15 is 0 Å². The normalized spacial score (nSPS) is 17.8. The number of carbonyl (C=O) groups excluding carboxylic acids is 1. The molecule has 0 saturated carbocycles. The maximum Gasteiger partial charge on any atom is 0.169 e. The summed E-state index contributed by atoms with van der Waals surface area (Å²) in [5.74, 6) is 0.745. The molecule has 0 spiro atoms. The number of carbonyl (C=O) groups is 1. The molecule has 5 nitrogen and oxygen atoms in total. The van der Waals surface area contributed by atoms with Gasteiger partial charge in [0.2, 0.25) is 0 Å². The van der Waals surface area contributed by atoms with Crippen molar-refractivity contribution in [1.29, 1.82) is 5.41 Å². The Labute approximate surface area is 158 Å². The number of para-hydroxylation sites is 1. The minimum absolute atomic E-state index is 0.0534. The number of thiazole rings is 1. The van der Waals surface area contributed by atoms with Crippen LogP contribution >= 0.6 is 11.3 Å². The van der Waals surface area contributed by atoms with Crippen LogP contribution in [0.2, 0.25) is 0 Å². The van der Waals surface area contributed by atoms with Crippen molar-refractivity contribution in [2.45, 2.75) is 38.5 Å². The molecule has 3 rings (SSSR count). The lowest BCUT2D eigenvalue weighted by Gasteiger charge is -2.19. The zero-order valence-electron chi connectivity index (χ0n) is 15.7. The SMILES string of the molecule is COc1ccccc1CCN1CC(=O)C(c2nc(C(C)(C)C)cs2)C1=N. The molecule has 1 aliphatic heterocycles. The predicted molar refractivity (Wildman–Crippen MR) is 105 cm³/mol. The number of rotatable bonds is 5. The molecule has 1 aromatic heterocycles. The molecule has 6 heteroatoms. The minimum Gasteiger partial charge on any atom is -0.496 e. The van der Waals surface area contributed by atoms with Crippen molar-refractivity contribution in [2.24, 2.45) is 0 Å². The summed E-state index contributed by atoms with van der Waals surface area (Å²) in [6, 6.07) is 7.87. The lowest BCUT2D eigenvalue weighted by atomic mass is 9.93. The zero-order valence-corrected chi connectivity index (χ0v) is 16.5. The minimum atomic E-state index is -0.520. The van der Waals surface area contributed by atoms with E-state index in [-0.39, 0.29) is 17.7 Å². The van der Waals surface area contributed by atoms with Crippen molar-refractivity contribution in [3.63, 3.8) is 0 Å². The number of aromatic nitrogens is 1. The van der Waals surface area contributed by atoms with Gasteiger partial charge in [-0.3, -0.25) is 10.2 Å². The Morgan fingerprint density at radius 1 is 1.35 bits per heavy atom. The summed E-state index contributed by atoms with van der Waals surface area (Å²) in [4.78, 5) is 19.1. The first-order chi connectivity index (χ1) is 12.3. The predicted octanol–water partition coefficient (Wildman–Crippen LogP) is 3.64. The molecule has 0 bridgehead atoms. The van der Waals surface area contributed by atoms with Crippen LogP contribution < -0.4 is 4.74 Å². The highest BCUT2D eigenvalue weighted by Crippen LogP contribution is 2.32. The molecule has 2 heterocycles. The number of ether oxygens (including phenoxy) is 1. The van der Waals surface area contributed by atoms with Gasteiger partial charge in [-0.15, -0.1) is 11.3 Å². The van der Waals surface area contributed by atoms with E-state index < -0.39 is 5.92 Å². The molecule has 1 atom stereocenters. The van der Waals surface area contributed by atoms with Crippen molar-refractivity contribution in [2.75, 3.05) is 20.2 Å². The molecule has 26 heavy (non-hydrogen) atoms. The fourth-order valence-corrected chi connectivity index (χ4v) is 4.25. The van der Waals surface area contributed by atoms with Crippen LogP contribution in [0.4, 0.5) is 0 Å². The van der Waals surface area contributed by atoms with Crippen molar-refractivity contribution in [1.82, 2.24) is 9.88 Å². The zero-order chi connectivity index (χ0) is 18.9. The van der Waals surface area contributed by atoms with Gasteiger partial charge in [-0.25, -0.2) is 4.98 Å². The van der Waals surface area contributed by atoms with Gasteiger partial charge >= 0.3 is 0 Å². The lowest BCUT2D eigenvalue weighted by Crippen LogP contribution is -2.28. The van der Waals surface area contributed by atoms with Gasteiger partial charge < -0.3 is 9.64 Å². The number of nitrogens with one attached hydrogen (secondary N) is 1. The molecule has 1 saturated heterocycles. The van der Waals surface area contributed by atoms with Crippen molar-refractivity contribution in [3.05, 3.63) is 45.9 Å². The highest BCUT2D eigenvalue weighted by atomic mass is 32.1. The number of hydrogen-bond donors (Lipinski definition) is 1. The van der Waals surface area contributed by atoms with E-state index in [4.69, 9.17) is 10.1 Å². The third-order valence-corrected chi connectivity index (χ3v) is 5.57. The summed E-state index contributed by atoms with van der Waals surface area (Å²) in [6.45, 7) is 7.22. The highest BCUT2D eigenvalue weighted by Gasteiger charge is 2.39. The number of Topliss-reactive ketones (excluding diaryl/α,β-unsaturated/α-hetero) is 1. The first-order valence-electron chi connectivity index (χ1n) is 8.75. The summed E-state index contributed by atoms with van der Waals surface area (Å²) >= 11 is 1.48. The van der Waals surface area contributed by atoms with Crippen LogP contribution in [-0.4, -0.2) is 41.7 Å². The molecule has 0 radical (unpaired) electrons. The van der Waals surface area contributed by atoms with Crippen LogP contribution in [0.25, 0.3) is 0 Å². The third kappa shape index (κ3) is 3.65. The van der Waals surface area contributed by atoms with Gasteiger partial charge in [0.15, 0.2) is 5.78 Å². The van der Waals surface area contributed by atoms with Crippen LogP contribution in [0.3, 0.4) is 0 Å². The molecular formula is C20H25N3O2S. The average Bonchev–Trinajstić information content (AvgIpc) is 3.18. The van der Waals surface area contributed by atoms with Gasteiger partial charge in [-0.05, 0) is 18.1 Å². The van der Waals surface area contributed by atoms with Crippen LogP contribution in [0.1, 0.15) is 43.0 Å². The molecule has 0 amide bonds. The number of likely N-dealkylation sites (tertiary alicyclic amines) is 1. The fourth-order valence-electron chi connectivity index (χ4n) is 3.08. The molecule has 1 aromatic carbocycles. The van der Waals surface area contributed by atoms with Crippen molar-refractivity contribution in [3.8, 4) is 5.75 Å². The third-order valence-electron chi connectivity index (χ3n) is 4.66. The van der Waals surface area contributed by atoms with Gasteiger partial charge in [0.1, 0.15) is 22.5 Å². The molecule has 1 fully saturated rings. The molecule has 0 aliphatic carbocycles. The largest absolute Gasteiger partial charge is 0.496 e. The van der Waals surface area contributed by atoms with Crippen LogP contribution in [0.15, 0.2) is 29.6 Å². The van der Waals surface area contributed by atoms with Gasteiger partial charge in [0.05, 0.1) is 19.3 Å². The van der Waals surface area contributed by atoms with Gasteiger partial charge in [-0.1, -0.05) is 39.0 Å². The van der Waals surface area contributed by atoms with E-state index in [0.29, 0.717) is 12.4 Å². The Bertz CT molecular complexity index is 822. The maximum atomic E-state index is 12.5. The monoisotopic (exact) mass is 371 g/mol. The Morgan fingerprint density at radius 3 is 2.73 bits per heavy atom. The molecule has 138 valence electrons. The summed E-state index contributed by atoms with van der Waals surface area (Å²) in [5, 5.41) is 11.2. The Morgan fingerprint density at radius 2 is 2.08 bits per heavy atom. The molecule has 1 aliphatic rings. The van der Waals surface area contributed by atoms with Gasteiger partial charge in [-0.2, -0.15) is 0 Å². The fraction of sp³-hybridized carbons (Fsp3) is 0.450. The molecule has 1 N–H and O–H groups in total. The van der Waals surface area contributed by atoms with E-state index in [9.17, 15) is 4.79 Å². The smallest absolute Gasteiger partial charge is 0.169 e. The summed E-state index contributed by atoms with van der Waals surface area (Å²) in [7, 11) is 1.66. The van der Waals surface area contributed by atoms with Gasteiger partial charge in [0, 0.05) is 17.3 Å². The number of methoxy groups -OCH3 is 1. The van der Waals surface area contributed by atoms with E-state index in [1.165, 1.54) is 11.3 Å². The lowest BCUT2D eigenvalue weighted by molar-refractivity contribution is -0.117. The number of hydrogen-bond acceptors (Lipinski definition) is 5. The van der Waals surface area contributed by atoms with Gasteiger partial charge in [0.25, 0.3) is 0 Å². The van der Waals surface area contributed by atoms with Crippen LogP contribution in [0.5, 0.6) is 5.75 Å². The first kappa shape index (κ1) is 18.6. The summed E-state index contributed by atoms with van der Waals surface area (Å²) < 4.78 is 5.39. The van der Waals surface area contributed by atoms with Crippen LogP contribution in [0, 0.1) is 5.41 Å². The Hall–Kier alpha value is -2.21. The Kier molecular flexibility index (Phi) is 5.14. The second kappa shape index (κ2) is 7.19. The van der Waals surface area contributed by atoms with E-state index in [1.54, 1.807) is 7.11 Å². The molecule has 1 unspecified atom stereocenters. The van der Waals surface area contributed by atoms with E-state index in [1.807, 2.05) is 34.5 Å².